The molecule has 1 amide bonds. The van der Waals surface area contributed by atoms with Gasteiger partial charge in [-0.15, -0.1) is 11.6 Å². The molecule has 1 aromatic rings. The molecule has 1 unspecified atom stereocenters. The largest absolute Gasteiger partial charge is 0.338 e. The Bertz CT molecular complexity index is 519. The van der Waals surface area contributed by atoms with Gasteiger partial charge in [0, 0.05) is 36.2 Å². The first-order valence-corrected chi connectivity index (χ1v) is 6.67. The summed E-state index contributed by atoms with van der Waals surface area (Å²) >= 11 is 5.79. The van der Waals surface area contributed by atoms with Gasteiger partial charge in [0.25, 0.3) is 11.6 Å². The number of rotatable bonds is 3. The number of nitro benzene ring substituents is 1. The van der Waals surface area contributed by atoms with Crippen molar-refractivity contribution < 1.29 is 9.72 Å². The Hall–Kier alpha value is -1.62. The van der Waals surface area contributed by atoms with Crippen LogP contribution in [0, 0.1) is 23.0 Å². The van der Waals surface area contributed by atoms with Crippen LogP contribution in [0.15, 0.2) is 18.2 Å². The summed E-state index contributed by atoms with van der Waals surface area (Å²) in [5, 5.41) is 10.9. The number of likely N-dealkylation sites (tertiary alicyclic amines) is 1. The van der Waals surface area contributed by atoms with Crippen LogP contribution in [0.5, 0.6) is 0 Å². The van der Waals surface area contributed by atoms with E-state index in [0.29, 0.717) is 36.0 Å². The Balaban J connectivity index is 2.25. The quantitative estimate of drug-likeness (QED) is 0.486. The molecule has 1 saturated heterocycles. The van der Waals surface area contributed by atoms with Crippen molar-refractivity contribution in [3.05, 3.63) is 39.4 Å². The minimum Gasteiger partial charge on any atom is -0.338 e. The van der Waals surface area contributed by atoms with Crippen molar-refractivity contribution in [2.24, 2.45) is 5.92 Å². The number of alkyl halides is 1. The van der Waals surface area contributed by atoms with Crippen molar-refractivity contribution >= 4 is 23.2 Å². The highest BCUT2D eigenvalue weighted by Gasteiger charge is 2.28. The van der Waals surface area contributed by atoms with Gasteiger partial charge in [-0.1, -0.05) is 6.07 Å². The van der Waals surface area contributed by atoms with E-state index in [1.54, 1.807) is 24.0 Å². The number of halogens is 1. The standard InChI is InChI=1S/C13H15ClN2O3/c1-9-11(3-2-4-12(9)16(18)19)13(17)15-6-5-10(7-14)8-15/h2-4,10H,5-8H2,1H3. The van der Waals surface area contributed by atoms with Gasteiger partial charge in [-0.2, -0.15) is 0 Å². The van der Waals surface area contributed by atoms with Gasteiger partial charge in [0.1, 0.15) is 0 Å². The van der Waals surface area contributed by atoms with E-state index in [2.05, 4.69) is 0 Å². The molecule has 19 heavy (non-hydrogen) atoms. The maximum absolute atomic E-state index is 12.4. The van der Waals surface area contributed by atoms with E-state index in [1.165, 1.54) is 6.07 Å². The second-order valence-corrected chi connectivity index (χ2v) is 5.08. The third kappa shape index (κ3) is 2.71. The van der Waals surface area contributed by atoms with E-state index in [9.17, 15) is 14.9 Å². The van der Waals surface area contributed by atoms with Gasteiger partial charge in [0.2, 0.25) is 0 Å². The van der Waals surface area contributed by atoms with Crippen LogP contribution in [-0.4, -0.2) is 34.7 Å². The Morgan fingerprint density at radius 2 is 2.32 bits per heavy atom. The van der Waals surface area contributed by atoms with Crippen molar-refractivity contribution in [1.82, 2.24) is 4.90 Å². The maximum Gasteiger partial charge on any atom is 0.273 e. The lowest BCUT2D eigenvalue weighted by molar-refractivity contribution is -0.385. The van der Waals surface area contributed by atoms with Crippen LogP contribution in [0.25, 0.3) is 0 Å². The lowest BCUT2D eigenvalue weighted by Crippen LogP contribution is -2.29. The van der Waals surface area contributed by atoms with Gasteiger partial charge in [-0.05, 0) is 25.3 Å². The van der Waals surface area contributed by atoms with Gasteiger partial charge in [-0.25, -0.2) is 0 Å². The average molecular weight is 283 g/mol. The molecule has 1 heterocycles. The summed E-state index contributed by atoms with van der Waals surface area (Å²) in [5.41, 5.74) is 0.815. The Kier molecular flexibility index (Phi) is 4.04. The smallest absolute Gasteiger partial charge is 0.273 e. The number of carbonyl (C=O) groups is 1. The number of nitrogens with zero attached hydrogens (tertiary/aromatic N) is 2. The van der Waals surface area contributed by atoms with E-state index in [4.69, 9.17) is 11.6 Å². The minimum atomic E-state index is -0.461. The van der Waals surface area contributed by atoms with Gasteiger partial charge >= 0.3 is 0 Å². The summed E-state index contributed by atoms with van der Waals surface area (Å²) in [4.78, 5) is 24.5. The Morgan fingerprint density at radius 3 is 2.89 bits per heavy atom. The molecule has 0 bridgehead atoms. The lowest BCUT2D eigenvalue weighted by atomic mass is 10.1. The normalized spacial score (nSPS) is 18.6. The molecule has 5 nitrogen and oxygen atoms in total. The van der Waals surface area contributed by atoms with Crippen LogP contribution in [-0.2, 0) is 0 Å². The van der Waals surface area contributed by atoms with Crippen LogP contribution in [0.2, 0.25) is 0 Å². The fourth-order valence-corrected chi connectivity index (χ4v) is 2.62. The highest BCUT2D eigenvalue weighted by molar-refractivity contribution is 6.18. The van der Waals surface area contributed by atoms with E-state index in [0.717, 1.165) is 6.42 Å². The number of benzene rings is 1. The molecule has 1 aliphatic rings. The fraction of sp³-hybridized carbons (Fsp3) is 0.462. The van der Waals surface area contributed by atoms with Crippen molar-refractivity contribution in [3.63, 3.8) is 0 Å². The number of nitro groups is 1. The molecule has 6 heteroatoms. The monoisotopic (exact) mass is 282 g/mol. The molecule has 0 radical (unpaired) electrons. The number of amides is 1. The van der Waals surface area contributed by atoms with Crippen molar-refractivity contribution in [3.8, 4) is 0 Å². The highest BCUT2D eigenvalue weighted by atomic mass is 35.5. The molecule has 1 atom stereocenters. The van der Waals surface area contributed by atoms with E-state index < -0.39 is 4.92 Å². The molecular weight excluding hydrogens is 268 g/mol. The average Bonchev–Trinajstić information content (AvgIpc) is 2.86. The maximum atomic E-state index is 12.4. The first kappa shape index (κ1) is 13.8. The summed E-state index contributed by atoms with van der Waals surface area (Å²) in [6, 6.07) is 4.60. The van der Waals surface area contributed by atoms with Gasteiger partial charge in [0.15, 0.2) is 0 Å². The number of hydrogen-bond acceptors (Lipinski definition) is 3. The third-order valence-electron chi connectivity index (χ3n) is 3.52. The van der Waals surface area contributed by atoms with Crippen molar-refractivity contribution in [2.75, 3.05) is 19.0 Å². The summed E-state index contributed by atoms with van der Waals surface area (Å²) in [6.07, 6.45) is 0.892. The summed E-state index contributed by atoms with van der Waals surface area (Å²) < 4.78 is 0. The topological polar surface area (TPSA) is 63.5 Å². The fourth-order valence-electron chi connectivity index (χ4n) is 2.37. The predicted octanol–water partition coefficient (Wildman–Crippen LogP) is 2.60. The molecule has 0 aromatic heterocycles. The highest BCUT2D eigenvalue weighted by Crippen LogP contribution is 2.25. The summed E-state index contributed by atoms with van der Waals surface area (Å²) in [7, 11) is 0. The van der Waals surface area contributed by atoms with E-state index in [1.807, 2.05) is 0 Å². The van der Waals surface area contributed by atoms with E-state index in [-0.39, 0.29) is 11.6 Å². The Morgan fingerprint density at radius 1 is 1.58 bits per heavy atom. The predicted molar refractivity (Wildman–Crippen MR) is 72.6 cm³/mol. The molecule has 0 N–H and O–H groups in total. The van der Waals surface area contributed by atoms with Gasteiger partial charge < -0.3 is 4.90 Å². The van der Waals surface area contributed by atoms with Crippen LogP contribution in [0.4, 0.5) is 5.69 Å². The number of carbonyl (C=O) groups excluding carboxylic acids is 1. The molecular formula is C13H15ClN2O3. The van der Waals surface area contributed by atoms with Crippen LogP contribution in [0.1, 0.15) is 22.3 Å². The third-order valence-corrected chi connectivity index (χ3v) is 3.96. The zero-order valence-corrected chi connectivity index (χ0v) is 11.4. The van der Waals surface area contributed by atoms with Gasteiger partial charge in [-0.3, -0.25) is 14.9 Å². The van der Waals surface area contributed by atoms with Crippen molar-refractivity contribution in [1.29, 1.82) is 0 Å². The van der Waals surface area contributed by atoms with E-state index >= 15 is 0 Å². The molecule has 102 valence electrons. The number of hydrogen-bond donors (Lipinski definition) is 0. The van der Waals surface area contributed by atoms with Crippen molar-refractivity contribution in [2.45, 2.75) is 13.3 Å². The second kappa shape index (κ2) is 5.57. The summed E-state index contributed by atoms with van der Waals surface area (Å²) in [5.74, 6) is 0.718. The molecule has 1 aromatic carbocycles. The van der Waals surface area contributed by atoms with Gasteiger partial charge in [0.05, 0.1) is 4.92 Å². The molecule has 1 aliphatic heterocycles. The van der Waals surface area contributed by atoms with Crippen LogP contribution in [0.3, 0.4) is 0 Å². The lowest BCUT2D eigenvalue weighted by Gasteiger charge is -2.17. The first-order chi connectivity index (χ1) is 9.04. The first-order valence-electron chi connectivity index (χ1n) is 6.13. The zero-order valence-electron chi connectivity index (χ0n) is 10.6. The zero-order chi connectivity index (χ0) is 14.0. The molecule has 0 saturated carbocycles. The summed E-state index contributed by atoms with van der Waals surface area (Å²) in [6.45, 7) is 2.91. The molecule has 0 aliphatic carbocycles. The van der Waals surface area contributed by atoms with Crippen LogP contribution >= 0.6 is 11.6 Å². The van der Waals surface area contributed by atoms with Crippen LogP contribution < -0.4 is 0 Å². The molecule has 1 fully saturated rings. The second-order valence-electron chi connectivity index (χ2n) is 4.77. The minimum absolute atomic E-state index is 0.0149. The molecule has 2 rings (SSSR count). The SMILES string of the molecule is Cc1c(C(=O)N2CCC(CCl)C2)cccc1[N+](=O)[O-]. The Labute approximate surface area is 116 Å². The molecule has 0 spiro atoms.